The molecule has 8 heteroatoms. The number of benzene rings is 15. The van der Waals surface area contributed by atoms with Crippen LogP contribution in [0.2, 0.25) is 0 Å². The number of pyridine rings is 1. The third-order valence-electron chi connectivity index (χ3n) is 21.1. The van der Waals surface area contributed by atoms with Crippen molar-refractivity contribution in [2.24, 2.45) is 0 Å². The van der Waals surface area contributed by atoms with E-state index in [0.29, 0.717) is 40.5 Å². The highest BCUT2D eigenvalue weighted by molar-refractivity contribution is 6.10. The average molecular weight is 1370 g/mol. The summed E-state index contributed by atoms with van der Waals surface area (Å²) in [4.78, 5) is 35.7. The molecule has 0 atom stereocenters. The van der Waals surface area contributed by atoms with Crippen molar-refractivity contribution in [1.82, 2.24) is 34.9 Å². The molecule has 3 heterocycles. The maximum absolute atomic E-state index is 9.75. The second-order valence-corrected chi connectivity index (χ2v) is 27.8. The van der Waals surface area contributed by atoms with Gasteiger partial charge in [0.2, 0.25) is 0 Å². The minimum atomic E-state index is -0.236. The zero-order valence-corrected chi connectivity index (χ0v) is 58.6. The quantitative estimate of drug-likeness (QED) is 0.112. The summed E-state index contributed by atoms with van der Waals surface area (Å²) in [7, 11) is 0. The molecule has 0 saturated carbocycles. The first-order valence-corrected chi connectivity index (χ1v) is 36.0. The summed E-state index contributed by atoms with van der Waals surface area (Å²) in [5.74, 6) is 3.55. The smallest absolute Gasteiger partial charge is 0.164 e. The average Bonchev–Trinajstić information content (AvgIpc) is 1.64. The first-order valence-electron chi connectivity index (χ1n) is 36.0. The normalized spacial score (nSPS) is 12.1. The Kier molecular flexibility index (Phi) is 15.8. The Morgan fingerprint density at radius 2 is 0.636 bits per heavy atom. The Hall–Kier alpha value is -14.3. The van der Waals surface area contributed by atoms with Crippen LogP contribution in [-0.2, 0) is 5.41 Å². The fourth-order valence-corrected chi connectivity index (χ4v) is 15.7. The molecule has 0 fully saturated rings. The second-order valence-electron chi connectivity index (χ2n) is 27.8. The van der Waals surface area contributed by atoms with Crippen LogP contribution >= 0.6 is 0 Å². The van der Waals surface area contributed by atoms with E-state index < -0.39 is 0 Å². The summed E-state index contributed by atoms with van der Waals surface area (Å²) in [6.45, 7) is 4.52. The lowest BCUT2D eigenvalue weighted by Crippen LogP contribution is -2.15. The first-order chi connectivity index (χ1) is 52.7. The Balaban J connectivity index is 0.680. The van der Waals surface area contributed by atoms with Crippen molar-refractivity contribution in [1.29, 1.82) is 5.26 Å². The highest BCUT2D eigenvalue weighted by Crippen LogP contribution is 2.51. The van der Waals surface area contributed by atoms with Gasteiger partial charge in [-0.05, 0) is 158 Å². The zero-order valence-electron chi connectivity index (χ0n) is 58.6. The van der Waals surface area contributed by atoms with Gasteiger partial charge in [0.1, 0.15) is 0 Å². The van der Waals surface area contributed by atoms with Crippen molar-refractivity contribution in [2.45, 2.75) is 19.3 Å². The van der Waals surface area contributed by atoms with Gasteiger partial charge >= 0.3 is 0 Å². The van der Waals surface area contributed by atoms with Crippen molar-refractivity contribution in [3.8, 4) is 163 Å². The zero-order chi connectivity index (χ0) is 71.5. The Morgan fingerprint density at radius 1 is 0.243 bits per heavy atom. The van der Waals surface area contributed by atoms with Crippen molar-refractivity contribution in [3.05, 3.63) is 369 Å². The molecule has 0 saturated heterocycles. The molecule has 0 amide bonds. The molecule has 18 aromatic rings. The molecule has 0 radical (unpaired) electrons. The third-order valence-corrected chi connectivity index (χ3v) is 21.1. The molecule has 107 heavy (non-hydrogen) atoms. The van der Waals surface area contributed by atoms with Gasteiger partial charge in [-0.3, -0.25) is 4.98 Å². The van der Waals surface area contributed by atoms with Crippen molar-refractivity contribution >= 4 is 32.4 Å². The minimum absolute atomic E-state index is 0.236. The molecule has 0 N–H and O–H groups in total. The minimum Gasteiger partial charge on any atom is -0.256 e. The molecule has 19 rings (SSSR count). The van der Waals surface area contributed by atoms with Crippen molar-refractivity contribution < 1.29 is 0 Å². The molecule has 1 aliphatic rings. The van der Waals surface area contributed by atoms with Gasteiger partial charge in [0, 0.05) is 50.4 Å². The predicted octanol–water partition coefficient (Wildman–Crippen LogP) is 24.8. The summed E-state index contributed by atoms with van der Waals surface area (Å²) in [6, 6.07) is 124. The summed E-state index contributed by atoms with van der Waals surface area (Å²) in [5, 5.41) is 15.4. The summed E-state index contributed by atoms with van der Waals surface area (Å²) in [5.41, 5.74) is 27.2. The molecule has 1 aliphatic carbocycles. The van der Waals surface area contributed by atoms with Crippen LogP contribution in [0.5, 0.6) is 0 Å². The van der Waals surface area contributed by atoms with E-state index in [0.717, 1.165) is 138 Å². The highest BCUT2D eigenvalue weighted by Gasteiger charge is 2.36. The lowest BCUT2D eigenvalue weighted by molar-refractivity contribution is 0.660. The van der Waals surface area contributed by atoms with E-state index in [9.17, 15) is 5.26 Å². The van der Waals surface area contributed by atoms with Crippen LogP contribution in [0.25, 0.3) is 190 Å². The molecular weight excluding hydrogens is 1300 g/mol. The van der Waals surface area contributed by atoms with Crippen LogP contribution in [-0.4, -0.2) is 34.9 Å². The number of hydrogen-bond acceptors (Lipinski definition) is 8. The van der Waals surface area contributed by atoms with Gasteiger partial charge in [-0.2, -0.15) is 5.26 Å². The van der Waals surface area contributed by atoms with Gasteiger partial charge in [-0.1, -0.05) is 323 Å². The van der Waals surface area contributed by atoms with Crippen LogP contribution in [0, 0.1) is 11.3 Å². The lowest BCUT2D eigenvalue weighted by Gasteiger charge is -2.22. The topological polar surface area (TPSA) is 114 Å². The van der Waals surface area contributed by atoms with E-state index >= 15 is 0 Å². The number of fused-ring (bicyclic) bond motifs is 6. The van der Waals surface area contributed by atoms with Crippen molar-refractivity contribution in [2.75, 3.05) is 0 Å². The molecular formula is C99H64N8. The molecule has 0 spiro atoms. The maximum Gasteiger partial charge on any atom is 0.164 e. The SMILES string of the molecule is CC1(C)c2cc(C#N)ccc2-c2ccc(-c3ccc(-c4ccc5ccccc5c4-c4ccc(-c5nc(-c6ccccc6)nc(-c6cccc(-c7cccc8c(-c9ccc(-c%10nc(-c%11ccccc%11)nc(-c%11ccccc%11)n%10)cc9)c(-c9ccc(-c%10ccnc%11ccccc%10%11)cc9)ccc78)c6)n5)cc4)cc3)cc21. The monoisotopic (exact) mass is 1360 g/mol. The van der Waals surface area contributed by atoms with E-state index in [2.05, 4.69) is 280 Å². The standard InChI is InChI=1S/C99H64N8/c1-99(2)88-58-62(61-100)32-51-84(88)85-53-50-75(60-89(85)99)63-33-35-66(36-34-63)81-52-49-64-18-12-13-27-80(64)91(81)68-41-45-74(46-42-68)97-105-95(72-23-10-5-11-24-72)106-98(107-97)77-26-16-25-76(59-77)78-29-17-30-87-83(78)55-54-82(67-39-37-65(38-40-67)79-56-57-101-90-31-15-14-28-86(79)90)92(87)69-43-47-73(48-44-69)96-103-93(70-19-6-3-7-20-70)102-94(104-96)71-21-8-4-9-22-71/h3-60H,1-2H3. The fraction of sp³-hybridized carbons (Fsp3) is 0.0303. The molecule has 0 aliphatic heterocycles. The largest absolute Gasteiger partial charge is 0.256 e. The first kappa shape index (κ1) is 63.6. The van der Waals surface area contributed by atoms with Crippen molar-refractivity contribution in [3.63, 3.8) is 0 Å². The fourth-order valence-electron chi connectivity index (χ4n) is 15.7. The number of aromatic nitrogens is 7. The molecule has 500 valence electrons. The van der Waals surface area contributed by atoms with E-state index in [-0.39, 0.29) is 5.41 Å². The molecule has 8 nitrogen and oxygen atoms in total. The number of para-hydroxylation sites is 1. The number of nitrogens with zero attached hydrogens (tertiary/aromatic N) is 8. The van der Waals surface area contributed by atoms with Crippen LogP contribution in [0.4, 0.5) is 0 Å². The van der Waals surface area contributed by atoms with E-state index in [1.165, 1.54) is 27.6 Å². The maximum atomic E-state index is 9.75. The number of nitriles is 1. The summed E-state index contributed by atoms with van der Waals surface area (Å²) >= 11 is 0. The van der Waals surface area contributed by atoms with Crippen LogP contribution in [0.1, 0.15) is 30.5 Å². The molecule has 0 unspecified atom stereocenters. The molecule has 3 aromatic heterocycles. The van der Waals surface area contributed by atoms with E-state index in [1.807, 2.05) is 97.2 Å². The Morgan fingerprint density at radius 3 is 1.21 bits per heavy atom. The van der Waals surface area contributed by atoms with Gasteiger partial charge in [-0.15, -0.1) is 0 Å². The Bertz CT molecular complexity index is 6490. The van der Waals surface area contributed by atoms with Crippen LogP contribution in [0.3, 0.4) is 0 Å². The molecule has 0 bridgehead atoms. The predicted molar refractivity (Wildman–Crippen MR) is 436 cm³/mol. The third kappa shape index (κ3) is 11.7. The number of rotatable bonds is 13. The summed E-state index contributed by atoms with van der Waals surface area (Å²) < 4.78 is 0. The molecule has 15 aromatic carbocycles. The van der Waals surface area contributed by atoms with Gasteiger partial charge in [-0.25, -0.2) is 29.9 Å². The second kappa shape index (κ2) is 26.5. The van der Waals surface area contributed by atoms with Gasteiger partial charge in [0.05, 0.1) is 17.1 Å². The van der Waals surface area contributed by atoms with Gasteiger partial charge < -0.3 is 0 Å². The van der Waals surface area contributed by atoms with E-state index in [4.69, 9.17) is 29.9 Å². The van der Waals surface area contributed by atoms with E-state index in [1.54, 1.807) is 0 Å². The van der Waals surface area contributed by atoms with Crippen LogP contribution < -0.4 is 0 Å². The van der Waals surface area contributed by atoms with Gasteiger partial charge in [0.25, 0.3) is 0 Å². The lowest BCUT2D eigenvalue weighted by atomic mass is 9.81. The Labute approximate surface area is 620 Å². The number of hydrogen-bond donors (Lipinski definition) is 0. The summed E-state index contributed by atoms with van der Waals surface area (Å²) in [6.07, 6.45) is 1.89. The van der Waals surface area contributed by atoms with Gasteiger partial charge in [0.15, 0.2) is 34.9 Å². The highest BCUT2D eigenvalue weighted by atomic mass is 15.0. The van der Waals surface area contributed by atoms with Crippen LogP contribution in [0.15, 0.2) is 352 Å².